The molecule has 1 aliphatic rings. The van der Waals surface area contributed by atoms with Gasteiger partial charge in [-0.3, -0.25) is 0 Å². The monoisotopic (exact) mass is 772 g/mol. The van der Waals surface area contributed by atoms with E-state index in [9.17, 15) is 0 Å². The number of benzene rings is 8. The SMILES string of the molecule is CC1(C)c2ccccc2-c2ccc(-c3cccc4c3oc3c(-c5cccc(-c6cccc(-c7ccc(-c8ccc9c(c8)sc8ccccc89)cc7)c6)c5)ncnc34)cc21. The summed E-state index contributed by atoms with van der Waals surface area (Å²) in [5, 5.41) is 3.64. The maximum atomic E-state index is 6.83. The average Bonchev–Trinajstić information content (AvgIpc) is 3.94. The maximum Gasteiger partial charge on any atom is 0.180 e. The van der Waals surface area contributed by atoms with Crippen molar-refractivity contribution in [1.29, 1.82) is 0 Å². The van der Waals surface area contributed by atoms with Crippen LogP contribution in [0.3, 0.4) is 0 Å². The number of nitrogens with zero attached hydrogens (tertiary/aromatic N) is 2. The lowest BCUT2D eigenvalue weighted by Crippen LogP contribution is -2.14. The van der Waals surface area contributed by atoms with Crippen molar-refractivity contribution in [3.63, 3.8) is 0 Å². The highest BCUT2D eigenvalue weighted by Crippen LogP contribution is 2.50. The first-order valence-electron chi connectivity index (χ1n) is 20.1. The van der Waals surface area contributed by atoms with Gasteiger partial charge >= 0.3 is 0 Å². The standard InChI is InChI=1S/C55H36N2OS/c1-55(2)47-18-5-3-14-42(47)43-26-25-39(30-48(43)55)41-16-9-17-46-52-54(58-53(41)46)51(56-32-57-52)40-13-8-12-37(29-40)36-11-7-10-35(28-36)33-20-22-34(23-21-33)38-24-27-45-44-15-4-6-19-49(44)59-50(45)31-38/h3-32H,1-2H3. The predicted octanol–water partition coefficient (Wildman–Crippen LogP) is 15.4. The van der Waals surface area contributed by atoms with Crippen molar-refractivity contribution in [3.8, 4) is 66.9 Å². The Bertz CT molecular complexity index is 3480. The average molecular weight is 773 g/mol. The molecule has 59 heavy (non-hydrogen) atoms. The zero-order chi connectivity index (χ0) is 39.2. The zero-order valence-electron chi connectivity index (χ0n) is 32.5. The van der Waals surface area contributed by atoms with Crippen LogP contribution in [0.25, 0.3) is 109 Å². The second kappa shape index (κ2) is 12.9. The molecular weight excluding hydrogens is 737 g/mol. The fourth-order valence-electron chi connectivity index (χ4n) is 9.39. The number of hydrogen-bond donors (Lipinski definition) is 0. The third kappa shape index (κ3) is 5.34. The van der Waals surface area contributed by atoms with E-state index in [0.29, 0.717) is 5.58 Å². The first-order chi connectivity index (χ1) is 29.0. The third-order valence-electron chi connectivity index (χ3n) is 12.4. The van der Waals surface area contributed by atoms with Gasteiger partial charge in [-0.05, 0) is 97.6 Å². The second-order valence-corrected chi connectivity index (χ2v) is 17.2. The highest BCUT2D eigenvalue weighted by molar-refractivity contribution is 7.25. The minimum absolute atomic E-state index is 0.0893. The van der Waals surface area contributed by atoms with Crippen LogP contribution >= 0.6 is 11.3 Å². The fourth-order valence-corrected chi connectivity index (χ4v) is 10.5. The summed E-state index contributed by atoms with van der Waals surface area (Å²) in [6, 6.07) is 63.8. The molecule has 0 fully saturated rings. The van der Waals surface area contributed by atoms with Crippen molar-refractivity contribution in [2.45, 2.75) is 19.3 Å². The highest BCUT2D eigenvalue weighted by Gasteiger charge is 2.35. The molecule has 278 valence electrons. The van der Waals surface area contributed by atoms with E-state index < -0.39 is 0 Å². The number of furan rings is 1. The molecule has 0 unspecified atom stereocenters. The number of hydrogen-bond acceptors (Lipinski definition) is 4. The molecule has 12 rings (SSSR count). The topological polar surface area (TPSA) is 38.9 Å². The minimum atomic E-state index is -0.0893. The van der Waals surface area contributed by atoms with Crippen LogP contribution in [0.2, 0.25) is 0 Å². The van der Waals surface area contributed by atoms with Gasteiger partial charge < -0.3 is 4.42 Å². The summed E-state index contributed by atoms with van der Waals surface area (Å²) in [4.78, 5) is 9.59. The molecule has 8 aromatic carbocycles. The van der Waals surface area contributed by atoms with Gasteiger partial charge in [0.15, 0.2) is 5.58 Å². The van der Waals surface area contributed by atoms with Gasteiger partial charge in [0.1, 0.15) is 23.1 Å². The molecule has 0 N–H and O–H groups in total. The summed E-state index contributed by atoms with van der Waals surface area (Å²) < 4.78 is 9.48. The van der Waals surface area contributed by atoms with Crippen LogP contribution < -0.4 is 0 Å². The summed E-state index contributed by atoms with van der Waals surface area (Å²) in [5.41, 5.74) is 18.6. The Morgan fingerprint density at radius 3 is 1.83 bits per heavy atom. The van der Waals surface area contributed by atoms with Crippen LogP contribution in [0.5, 0.6) is 0 Å². The molecule has 0 atom stereocenters. The molecule has 0 radical (unpaired) electrons. The Labute approximate surface area is 345 Å². The molecule has 3 nitrogen and oxygen atoms in total. The summed E-state index contributed by atoms with van der Waals surface area (Å²) in [6.07, 6.45) is 1.66. The number of aromatic nitrogens is 2. The Balaban J connectivity index is 0.873. The van der Waals surface area contributed by atoms with E-state index in [0.717, 1.165) is 50.0 Å². The van der Waals surface area contributed by atoms with E-state index in [4.69, 9.17) is 14.4 Å². The molecule has 11 aromatic rings. The van der Waals surface area contributed by atoms with Gasteiger partial charge in [0.25, 0.3) is 0 Å². The van der Waals surface area contributed by atoms with Gasteiger partial charge in [-0.15, -0.1) is 11.3 Å². The lowest BCUT2D eigenvalue weighted by atomic mass is 9.81. The van der Waals surface area contributed by atoms with Gasteiger partial charge in [0.2, 0.25) is 0 Å². The summed E-state index contributed by atoms with van der Waals surface area (Å²) in [5.74, 6) is 0. The van der Waals surface area contributed by atoms with Crippen molar-refractivity contribution in [3.05, 3.63) is 193 Å². The quantitative estimate of drug-likeness (QED) is 0.175. The Morgan fingerprint density at radius 2 is 1.00 bits per heavy atom. The number of para-hydroxylation sites is 1. The molecular formula is C55H36N2OS. The lowest BCUT2D eigenvalue weighted by molar-refractivity contribution is 0.660. The van der Waals surface area contributed by atoms with Gasteiger partial charge in [0, 0.05) is 42.1 Å². The van der Waals surface area contributed by atoms with Gasteiger partial charge in [0.05, 0.1) is 0 Å². The number of fused-ring (bicyclic) bond motifs is 9. The van der Waals surface area contributed by atoms with Crippen molar-refractivity contribution in [2.75, 3.05) is 0 Å². The molecule has 1 aliphatic carbocycles. The Hall–Kier alpha value is -7.14. The summed E-state index contributed by atoms with van der Waals surface area (Å²) >= 11 is 1.86. The van der Waals surface area contributed by atoms with E-state index in [-0.39, 0.29) is 5.41 Å². The van der Waals surface area contributed by atoms with E-state index in [1.807, 2.05) is 11.3 Å². The smallest absolute Gasteiger partial charge is 0.180 e. The van der Waals surface area contributed by atoms with Gasteiger partial charge in [-0.2, -0.15) is 0 Å². The highest BCUT2D eigenvalue weighted by atomic mass is 32.1. The van der Waals surface area contributed by atoms with Crippen molar-refractivity contribution in [1.82, 2.24) is 9.97 Å². The van der Waals surface area contributed by atoms with Crippen LogP contribution in [-0.2, 0) is 5.41 Å². The second-order valence-electron chi connectivity index (χ2n) is 16.2. The molecule has 0 amide bonds. The molecule has 0 bridgehead atoms. The lowest BCUT2D eigenvalue weighted by Gasteiger charge is -2.22. The number of thiophene rings is 1. The molecule has 0 saturated heterocycles. The Kier molecular flexibility index (Phi) is 7.44. The summed E-state index contributed by atoms with van der Waals surface area (Å²) in [7, 11) is 0. The van der Waals surface area contributed by atoms with Gasteiger partial charge in [-0.25, -0.2) is 9.97 Å². The minimum Gasteiger partial charge on any atom is -0.451 e. The summed E-state index contributed by atoms with van der Waals surface area (Å²) in [6.45, 7) is 4.64. The van der Waals surface area contributed by atoms with E-state index in [1.165, 1.54) is 64.7 Å². The van der Waals surface area contributed by atoms with Crippen molar-refractivity contribution in [2.24, 2.45) is 0 Å². The number of rotatable bonds is 5. The first kappa shape index (κ1) is 33.9. The van der Waals surface area contributed by atoms with E-state index in [1.54, 1.807) is 6.33 Å². The molecule has 4 heteroatoms. The van der Waals surface area contributed by atoms with Crippen LogP contribution in [-0.4, -0.2) is 9.97 Å². The van der Waals surface area contributed by atoms with Crippen LogP contribution in [0.15, 0.2) is 187 Å². The fraction of sp³-hybridized carbons (Fsp3) is 0.0545. The van der Waals surface area contributed by atoms with Crippen LogP contribution in [0.4, 0.5) is 0 Å². The van der Waals surface area contributed by atoms with E-state index in [2.05, 4.69) is 190 Å². The van der Waals surface area contributed by atoms with Crippen LogP contribution in [0.1, 0.15) is 25.0 Å². The van der Waals surface area contributed by atoms with Crippen molar-refractivity contribution < 1.29 is 4.42 Å². The largest absolute Gasteiger partial charge is 0.451 e. The van der Waals surface area contributed by atoms with Crippen molar-refractivity contribution >= 4 is 53.6 Å². The maximum absolute atomic E-state index is 6.83. The third-order valence-corrected chi connectivity index (χ3v) is 13.6. The molecule has 3 aromatic heterocycles. The normalized spacial score (nSPS) is 13.1. The first-order valence-corrected chi connectivity index (χ1v) is 20.9. The molecule has 3 heterocycles. The molecule has 0 aliphatic heterocycles. The van der Waals surface area contributed by atoms with Gasteiger partial charge in [-0.1, -0.05) is 153 Å². The molecule has 0 spiro atoms. The van der Waals surface area contributed by atoms with E-state index >= 15 is 0 Å². The Morgan fingerprint density at radius 1 is 0.407 bits per heavy atom. The molecule has 0 saturated carbocycles. The zero-order valence-corrected chi connectivity index (χ0v) is 33.3. The van der Waals surface area contributed by atoms with Crippen LogP contribution in [0, 0.1) is 0 Å². The predicted molar refractivity (Wildman–Crippen MR) is 247 cm³/mol.